The molecule has 9 heteroatoms. The maximum atomic E-state index is 12.5. The molecule has 0 spiro atoms. The first-order chi connectivity index (χ1) is 12.7. The summed E-state index contributed by atoms with van der Waals surface area (Å²) in [6.45, 7) is 5.92. The first-order valence-corrected chi connectivity index (χ1v) is 9.38. The lowest BCUT2D eigenvalue weighted by Gasteiger charge is -2.11. The van der Waals surface area contributed by atoms with Crippen molar-refractivity contribution in [2.24, 2.45) is 0 Å². The van der Waals surface area contributed by atoms with E-state index in [1.165, 1.54) is 4.68 Å². The van der Waals surface area contributed by atoms with Crippen LogP contribution in [0.25, 0.3) is 0 Å². The predicted molar refractivity (Wildman–Crippen MR) is 108 cm³/mol. The molecule has 0 aliphatic rings. The minimum absolute atomic E-state index is 0.233. The van der Waals surface area contributed by atoms with Gasteiger partial charge >= 0.3 is 0 Å². The number of nitrogens with one attached hydrogen (secondary N) is 1. The summed E-state index contributed by atoms with van der Waals surface area (Å²) in [6.07, 6.45) is 1.63. The maximum absolute atomic E-state index is 12.5. The quantitative estimate of drug-likeness (QED) is 0.631. The van der Waals surface area contributed by atoms with Gasteiger partial charge < -0.3 is 5.32 Å². The number of anilines is 1. The van der Waals surface area contributed by atoms with E-state index in [2.05, 4.69) is 15.5 Å². The van der Waals surface area contributed by atoms with Gasteiger partial charge in [0.15, 0.2) is 5.82 Å². The molecule has 0 saturated heterocycles. The molecule has 1 aromatic carbocycles. The molecule has 0 saturated carbocycles. The molecule has 0 bridgehead atoms. The molecule has 6 nitrogen and oxygen atoms in total. The van der Waals surface area contributed by atoms with Gasteiger partial charge in [-0.25, -0.2) is 0 Å². The minimum atomic E-state index is -0.521. The Kier molecular flexibility index (Phi) is 5.79. The molecule has 1 atom stereocenters. The molecule has 1 amide bonds. The fraction of sp³-hybridized carbons (Fsp3) is 0.278. The topological polar surface area (TPSA) is 64.7 Å². The lowest BCUT2D eigenvalue weighted by atomic mass is 10.2. The lowest BCUT2D eigenvalue weighted by molar-refractivity contribution is -0.119. The van der Waals surface area contributed by atoms with Crippen molar-refractivity contribution in [1.82, 2.24) is 19.6 Å². The van der Waals surface area contributed by atoms with Crippen LogP contribution in [0.1, 0.15) is 29.9 Å². The number of aromatic nitrogens is 4. The zero-order chi connectivity index (χ0) is 19.7. The fourth-order valence-corrected chi connectivity index (χ4v) is 3.16. The van der Waals surface area contributed by atoms with E-state index < -0.39 is 6.04 Å². The van der Waals surface area contributed by atoms with Gasteiger partial charge in [0.2, 0.25) is 5.91 Å². The number of benzene rings is 1. The standard InChI is InChI=1S/C18H18Cl3N5O/c1-10-6-17(22-18(27)12(3)26-9-16(21)11(2)23-26)24-25(10)8-13-4-5-14(19)7-15(13)20/h4-7,9,12H,8H2,1-3H3,(H,22,24,27). The van der Waals surface area contributed by atoms with Crippen molar-refractivity contribution in [3.63, 3.8) is 0 Å². The van der Waals surface area contributed by atoms with Gasteiger partial charge in [-0.15, -0.1) is 0 Å². The van der Waals surface area contributed by atoms with E-state index in [4.69, 9.17) is 34.8 Å². The van der Waals surface area contributed by atoms with Gasteiger partial charge in [-0.1, -0.05) is 40.9 Å². The number of carbonyl (C=O) groups excluding carboxylic acids is 1. The van der Waals surface area contributed by atoms with Crippen LogP contribution in [-0.2, 0) is 11.3 Å². The molecule has 3 aromatic rings. The van der Waals surface area contributed by atoms with Crippen LogP contribution in [0, 0.1) is 13.8 Å². The molecule has 27 heavy (non-hydrogen) atoms. The Morgan fingerprint density at radius 3 is 2.52 bits per heavy atom. The molecular weight excluding hydrogens is 409 g/mol. The van der Waals surface area contributed by atoms with Crippen molar-refractivity contribution >= 4 is 46.5 Å². The molecular formula is C18H18Cl3N5O. The molecule has 3 rings (SSSR count). The average Bonchev–Trinajstić information content (AvgIpc) is 3.11. The highest BCUT2D eigenvalue weighted by atomic mass is 35.5. The Labute approximate surface area is 172 Å². The summed E-state index contributed by atoms with van der Waals surface area (Å²) in [5.41, 5.74) is 2.46. The zero-order valence-electron chi connectivity index (χ0n) is 15.0. The Morgan fingerprint density at radius 2 is 1.89 bits per heavy atom. The lowest BCUT2D eigenvalue weighted by Crippen LogP contribution is -2.24. The third-order valence-corrected chi connectivity index (χ3v) is 5.16. The fourth-order valence-electron chi connectivity index (χ4n) is 2.55. The van der Waals surface area contributed by atoms with E-state index in [1.807, 2.05) is 13.0 Å². The first-order valence-electron chi connectivity index (χ1n) is 8.25. The van der Waals surface area contributed by atoms with E-state index in [-0.39, 0.29) is 5.91 Å². The first kappa shape index (κ1) is 19.7. The minimum Gasteiger partial charge on any atom is -0.307 e. The van der Waals surface area contributed by atoms with E-state index in [0.717, 1.165) is 11.3 Å². The molecule has 1 unspecified atom stereocenters. The van der Waals surface area contributed by atoms with Crippen LogP contribution in [0.5, 0.6) is 0 Å². The van der Waals surface area contributed by atoms with Gasteiger partial charge in [0.25, 0.3) is 0 Å². The molecule has 2 aromatic heterocycles. The van der Waals surface area contributed by atoms with E-state index >= 15 is 0 Å². The highest BCUT2D eigenvalue weighted by Gasteiger charge is 2.19. The van der Waals surface area contributed by atoms with E-state index in [9.17, 15) is 4.79 Å². The van der Waals surface area contributed by atoms with Gasteiger partial charge in [0, 0.05) is 28.0 Å². The predicted octanol–water partition coefficient (Wildman–Crippen LogP) is 4.90. The normalized spacial score (nSPS) is 12.2. The number of rotatable bonds is 5. The second kappa shape index (κ2) is 7.92. The number of amides is 1. The Morgan fingerprint density at radius 1 is 1.15 bits per heavy atom. The van der Waals surface area contributed by atoms with Gasteiger partial charge in [0.05, 0.1) is 17.3 Å². The van der Waals surface area contributed by atoms with Crippen molar-refractivity contribution in [3.05, 3.63) is 62.5 Å². The van der Waals surface area contributed by atoms with Gasteiger partial charge in [-0.05, 0) is 38.5 Å². The second-order valence-corrected chi connectivity index (χ2v) is 7.52. The summed E-state index contributed by atoms with van der Waals surface area (Å²) in [5.74, 6) is 0.229. The van der Waals surface area contributed by atoms with Crippen LogP contribution in [-0.4, -0.2) is 25.5 Å². The largest absolute Gasteiger partial charge is 0.307 e. The molecule has 2 heterocycles. The molecule has 0 aliphatic carbocycles. The number of aryl methyl sites for hydroxylation is 2. The molecule has 0 fully saturated rings. The van der Waals surface area contributed by atoms with Crippen LogP contribution in [0.15, 0.2) is 30.5 Å². The monoisotopic (exact) mass is 425 g/mol. The van der Waals surface area contributed by atoms with Gasteiger partial charge in [-0.2, -0.15) is 10.2 Å². The van der Waals surface area contributed by atoms with Crippen LogP contribution in [0.3, 0.4) is 0 Å². The van der Waals surface area contributed by atoms with Gasteiger partial charge in [0.1, 0.15) is 6.04 Å². The van der Waals surface area contributed by atoms with Crippen molar-refractivity contribution in [2.45, 2.75) is 33.4 Å². The number of hydrogen-bond donors (Lipinski definition) is 1. The van der Waals surface area contributed by atoms with Gasteiger partial charge in [-0.3, -0.25) is 14.2 Å². The van der Waals surface area contributed by atoms with Crippen molar-refractivity contribution in [3.8, 4) is 0 Å². The van der Waals surface area contributed by atoms with Crippen LogP contribution < -0.4 is 5.32 Å². The smallest absolute Gasteiger partial charge is 0.250 e. The van der Waals surface area contributed by atoms with Crippen molar-refractivity contribution in [1.29, 1.82) is 0 Å². The number of hydrogen-bond acceptors (Lipinski definition) is 3. The SMILES string of the molecule is Cc1nn(C(C)C(=O)Nc2cc(C)n(Cc3ccc(Cl)cc3Cl)n2)cc1Cl. The number of nitrogens with zero attached hydrogens (tertiary/aromatic N) is 4. The third-order valence-electron chi connectivity index (χ3n) is 4.20. The highest BCUT2D eigenvalue weighted by Crippen LogP contribution is 2.23. The highest BCUT2D eigenvalue weighted by molar-refractivity contribution is 6.35. The van der Waals surface area contributed by atoms with E-state index in [1.54, 1.807) is 42.9 Å². The van der Waals surface area contributed by atoms with Crippen LogP contribution in [0.2, 0.25) is 15.1 Å². The summed E-state index contributed by atoms with van der Waals surface area (Å²) in [4.78, 5) is 12.5. The third kappa shape index (κ3) is 4.46. The van der Waals surface area contributed by atoms with Crippen LogP contribution >= 0.6 is 34.8 Å². The molecule has 142 valence electrons. The molecule has 1 N–H and O–H groups in total. The van der Waals surface area contributed by atoms with Crippen LogP contribution in [0.4, 0.5) is 5.82 Å². The summed E-state index contributed by atoms with van der Waals surface area (Å²) in [7, 11) is 0. The summed E-state index contributed by atoms with van der Waals surface area (Å²) in [6, 6.07) is 6.61. The van der Waals surface area contributed by atoms with E-state index in [0.29, 0.717) is 33.1 Å². The van der Waals surface area contributed by atoms with Crippen molar-refractivity contribution in [2.75, 3.05) is 5.32 Å². The second-order valence-electron chi connectivity index (χ2n) is 6.27. The number of halogens is 3. The average molecular weight is 427 g/mol. The maximum Gasteiger partial charge on any atom is 0.250 e. The summed E-state index contributed by atoms with van der Waals surface area (Å²) < 4.78 is 3.30. The van der Waals surface area contributed by atoms with Crippen molar-refractivity contribution < 1.29 is 4.79 Å². The molecule has 0 aliphatic heterocycles. The number of carbonyl (C=O) groups is 1. The zero-order valence-corrected chi connectivity index (χ0v) is 17.3. The molecule has 0 radical (unpaired) electrons. The summed E-state index contributed by atoms with van der Waals surface area (Å²) in [5, 5.41) is 13.2. The Bertz CT molecular complexity index is 976. The Balaban J connectivity index is 1.73. The Hall–Kier alpha value is -2.02. The summed E-state index contributed by atoms with van der Waals surface area (Å²) >= 11 is 18.2.